The number of anilines is 1. The summed E-state index contributed by atoms with van der Waals surface area (Å²) in [5.74, 6) is -0.547. The summed E-state index contributed by atoms with van der Waals surface area (Å²) in [6, 6.07) is 12.8. The van der Waals surface area contributed by atoms with Crippen molar-refractivity contribution in [3.05, 3.63) is 59.7 Å². The highest BCUT2D eigenvalue weighted by molar-refractivity contribution is 5.97. The predicted octanol–water partition coefficient (Wildman–Crippen LogP) is 2.17. The number of hydrogen-bond acceptors (Lipinski definition) is 5. The van der Waals surface area contributed by atoms with E-state index in [1.54, 1.807) is 37.4 Å². The second-order valence-electron chi connectivity index (χ2n) is 5.82. The molecule has 0 bridgehead atoms. The van der Waals surface area contributed by atoms with E-state index >= 15 is 0 Å². The molecule has 7 nitrogen and oxygen atoms in total. The molecule has 0 aliphatic carbocycles. The molecule has 27 heavy (non-hydrogen) atoms. The van der Waals surface area contributed by atoms with Gasteiger partial charge >= 0.3 is 5.97 Å². The van der Waals surface area contributed by atoms with Crippen molar-refractivity contribution in [1.29, 1.82) is 0 Å². The van der Waals surface area contributed by atoms with Gasteiger partial charge in [-0.1, -0.05) is 18.2 Å². The number of methoxy groups -OCH3 is 2. The summed E-state index contributed by atoms with van der Waals surface area (Å²) in [6.07, 6.45) is 0.229. The van der Waals surface area contributed by atoms with E-state index in [0.29, 0.717) is 17.0 Å². The van der Waals surface area contributed by atoms with Crippen LogP contribution in [0.2, 0.25) is 0 Å². The number of esters is 1. The first-order valence-corrected chi connectivity index (χ1v) is 8.32. The summed E-state index contributed by atoms with van der Waals surface area (Å²) < 4.78 is 10.1. The van der Waals surface area contributed by atoms with Gasteiger partial charge in [-0.3, -0.25) is 9.59 Å². The fourth-order valence-corrected chi connectivity index (χ4v) is 2.58. The number of carbonyl (C=O) groups excluding carboxylic acids is 3. The molecule has 2 aromatic rings. The van der Waals surface area contributed by atoms with Crippen molar-refractivity contribution in [3.63, 3.8) is 0 Å². The molecule has 1 atom stereocenters. The van der Waals surface area contributed by atoms with Crippen LogP contribution in [0.15, 0.2) is 48.5 Å². The Balaban J connectivity index is 2.14. The minimum atomic E-state index is -0.867. The number of para-hydroxylation sites is 1. The predicted molar refractivity (Wildman–Crippen MR) is 101 cm³/mol. The van der Waals surface area contributed by atoms with E-state index in [2.05, 4.69) is 10.6 Å². The van der Waals surface area contributed by atoms with Crippen LogP contribution in [0.1, 0.15) is 22.8 Å². The Bertz CT molecular complexity index is 817. The van der Waals surface area contributed by atoms with Crippen LogP contribution in [0, 0.1) is 0 Å². The lowest BCUT2D eigenvalue weighted by atomic mass is 10.0. The fraction of sp³-hybridized carbons (Fsp3) is 0.250. The third-order valence-electron chi connectivity index (χ3n) is 3.88. The molecule has 0 aromatic heterocycles. The summed E-state index contributed by atoms with van der Waals surface area (Å²) >= 11 is 0. The molecule has 0 heterocycles. The molecule has 0 unspecified atom stereocenters. The number of rotatable bonds is 7. The van der Waals surface area contributed by atoms with Gasteiger partial charge in [-0.15, -0.1) is 0 Å². The van der Waals surface area contributed by atoms with E-state index in [1.807, 2.05) is 18.2 Å². The van der Waals surface area contributed by atoms with E-state index in [0.717, 1.165) is 5.56 Å². The number of carbonyl (C=O) groups is 3. The van der Waals surface area contributed by atoms with Crippen molar-refractivity contribution in [2.45, 2.75) is 19.4 Å². The van der Waals surface area contributed by atoms with Crippen LogP contribution in [-0.2, 0) is 20.7 Å². The monoisotopic (exact) mass is 370 g/mol. The fourth-order valence-electron chi connectivity index (χ4n) is 2.58. The van der Waals surface area contributed by atoms with Gasteiger partial charge in [-0.25, -0.2) is 4.79 Å². The largest absolute Gasteiger partial charge is 0.496 e. The average molecular weight is 370 g/mol. The first-order valence-electron chi connectivity index (χ1n) is 8.32. The molecule has 142 valence electrons. The maximum absolute atomic E-state index is 12.5. The second kappa shape index (κ2) is 9.38. The van der Waals surface area contributed by atoms with E-state index in [1.165, 1.54) is 14.0 Å². The zero-order valence-electron chi connectivity index (χ0n) is 15.4. The minimum absolute atomic E-state index is 0.199. The topological polar surface area (TPSA) is 93.7 Å². The van der Waals surface area contributed by atoms with Crippen molar-refractivity contribution < 1.29 is 23.9 Å². The van der Waals surface area contributed by atoms with Gasteiger partial charge in [-0.05, 0) is 35.9 Å². The Morgan fingerprint density at radius 2 is 1.67 bits per heavy atom. The zero-order chi connectivity index (χ0) is 19.8. The van der Waals surface area contributed by atoms with Gasteiger partial charge in [0.2, 0.25) is 5.91 Å². The lowest BCUT2D eigenvalue weighted by Crippen LogP contribution is -2.43. The number of ether oxygens (including phenoxy) is 2. The highest BCUT2D eigenvalue weighted by Gasteiger charge is 2.24. The van der Waals surface area contributed by atoms with Crippen molar-refractivity contribution in [2.75, 3.05) is 19.5 Å². The Labute approximate surface area is 157 Å². The number of nitrogens with one attached hydrogen (secondary N) is 2. The van der Waals surface area contributed by atoms with Crippen LogP contribution in [0.3, 0.4) is 0 Å². The number of benzene rings is 2. The second-order valence-corrected chi connectivity index (χ2v) is 5.82. The van der Waals surface area contributed by atoms with Gasteiger partial charge in [0.05, 0.1) is 14.2 Å². The summed E-state index contributed by atoms with van der Waals surface area (Å²) in [4.78, 5) is 35.7. The maximum atomic E-state index is 12.5. The SMILES string of the molecule is COC(=O)[C@@H](Cc1ccccc1OC)NC(=O)c1ccc(NC(C)=O)cc1. The maximum Gasteiger partial charge on any atom is 0.328 e. The zero-order valence-corrected chi connectivity index (χ0v) is 15.4. The molecule has 2 aromatic carbocycles. The molecule has 2 rings (SSSR count). The Kier molecular flexibility index (Phi) is 6.93. The molecule has 0 radical (unpaired) electrons. The van der Waals surface area contributed by atoms with Crippen molar-refractivity contribution in [3.8, 4) is 5.75 Å². The quantitative estimate of drug-likeness (QED) is 0.729. The number of hydrogen-bond donors (Lipinski definition) is 2. The molecule has 0 saturated heterocycles. The van der Waals surface area contributed by atoms with Gasteiger partial charge in [0, 0.05) is 24.6 Å². The third-order valence-corrected chi connectivity index (χ3v) is 3.88. The Morgan fingerprint density at radius 3 is 2.26 bits per heavy atom. The van der Waals surface area contributed by atoms with Crippen LogP contribution in [0.5, 0.6) is 5.75 Å². The minimum Gasteiger partial charge on any atom is -0.496 e. The molecular weight excluding hydrogens is 348 g/mol. The van der Waals surface area contributed by atoms with Gasteiger partial charge in [0.25, 0.3) is 5.91 Å². The van der Waals surface area contributed by atoms with E-state index < -0.39 is 17.9 Å². The number of amides is 2. The Hall–Kier alpha value is -3.35. The van der Waals surface area contributed by atoms with E-state index in [9.17, 15) is 14.4 Å². The van der Waals surface area contributed by atoms with Gasteiger partial charge in [-0.2, -0.15) is 0 Å². The van der Waals surface area contributed by atoms with Crippen molar-refractivity contribution >= 4 is 23.5 Å². The molecule has 2 N–H and O–H groups in total. The van der Waals surface area contributed by atoms with Crippen molar-refractivity contribution in [2.24, 2.45) is 0 Å². The summed E-state index contributed by atoms with van der Waals surface area (Å²) in [7, 11) is 2.81. The molecule has 0 aliphatic heterocycles. The van der Waals surface area contributed by atoms with Gasteiger partial charge in [0.15, 0.2) is 0 Å². The molecule has 0 saturated carbocycles. The van der Waals surface area contributed by atoms with Crippen LogP contribution in [-0.4, -0.2) is 38.0 Å². The van der Waals surface area contributed by atoms with Crippen LogP contribution in [0.4, 0.5) is 5.69 Å². The standard InChI is InChI=1S/C20H22N2O5/c1-13(23)21-16-10-8-14(9-11-16)19(24)22-17(20(25)27-3)12-15-6-4-5-7-18(15)26-2/h4-11,17H,12H2,1-3H3,(H,21,23)(H,22,24)/t17-/m1/s1. The van der Waals surface area contributed by atoms with Gasteiger partial charge in [0.1, 0.15) is 11.8 Å². The molecule has 7 heteroatoms. The first kappa shape index (κ1) is 20.0. The average Bonchev–Trinajstić information content (AvgIpc) is 2.67. The highest BCUT2D eigenvalue weighted by Crippen LogP contribution is 2.19. The summed E-state index contributed by atoms with van der Waals surface area (Å²) in [5.41, 5.74) is 1.72. The summed E-state index contributed by atoms with van der Waals surface area (Å²) in [5, 5.41) is 5.31. The van der Waals surface area contributed by atoms with Crippen LogP contribution in [0.25, 0.3) is 0 Å². The highest BCUT2D eigenvalue weighted by atomic mass is 16.5. The molecule has 0 fully saturated rings. The lowest BCUT2D eigenvalue weighted by molar-refractivity contribution is -0.142. The first-order chi connectivity index (χ1) is 12.9. The normalized spacial score (nSPS) is 11.2. The van der Waals surface area contributed by atoms with Crippen LogP contribution >= 0.6 is 0 Å². The Morgan fingerprint density at radius 1 is 1.00 bits per heavy atom. The van der Waals surface area contributed by atoms with Gasteiger partial charge < -0.3 is 20.1 Å². The molecule has 0 aliphatic rings. The smallest absolute Gasteiger partial charge is 0.328 e. The van der Waals surface area contributed by atoms with E-state index in [-0.39, 0.29) is 12.3 Å². The molecule has 0 spiro atoms. The van der Waals surface area contributed by atoms with Crippen LogP contribution < -0.4 is 15.4 Å². The molecular formula is C20H22N2O5. The van der Waals surface area contributed by atoms with Crippen molar-refractivity contribution in [1.82, 2.24) is 5.32 Å². The molecule has 2 amide bonds. The third kappa shape index (κ3) is 5.57. The lowest BCUT2D eigenvalue weighted by Gasteiger charge is -2.18. The van der Waals surface area contributed by atoms with E-state index in [4.69, 9.17) is 9.47 Å². The summed E-state index contributed by atoms with van der Waals surface area (Å²) in [6.45, 7) is 1.40.